The Kier molecular flexibility index (Phi) is 3.41. The highest BCUT2D eigenvalue weighted by Crippen LogP contribution is 2.14. The first-order valence-corrected chi connectivity index (χ1v) is 5.80. The van der Waals surface area contributed by atoms with Crippen LogP contribution in [0.4, 0.5) is 0 Å². The van der Waals surface area contributed by atoms with E-state index >= 15 is 0 Å². The second kappa shape index (κ2) is 4.79. The summed E-state index contributed by atoms with van der Waals surface area (Å²) in [6.45, 7) is 3.48. The van der Waals surface area contributed by atoms with Gasteiger partial charge in [-0.25, -0.2) is 4.98 Å². The molecule has 2 rings (SSSR count). The lowest BCUT2D eigenvalue weighted by Gasteiger charge is -1.98. The van der Waals surface area contributed by atoms with E-state index in [1.165, 1.54) is 4.88 Å². The third-order valence-corrected chi connectivity index (χ3v) is 2.99. The number of aryl methyl sites for hydroxylation is 1. The van der Waals surface area contributed by atoms with Gasteiger partial charge >= 0.3 is 0 Å². The summed E-state index contributed by atoms with van der Waals surface area (Å²) in [5.41, 5.74) is 0. The molecule has 0 saturated carbocycles. The highest BCUT2D eigenvalue weighted by atomic mass is 35.5. The van der Waals surface area contributed by atoms with Gasteiger partial charge in [0, 0.05) is 17.6 Å². The number of hydrogen-bond acceptors (Lipinski definition) is 4. The molecule has 0 aliphatic carbocycles. The largest absolute Gasteiger partial charge is 0.448 e. The summed E-state index contributed by atoms with van der Waals surface area (Å²) in [5.74, 6) is 0.841. The van der Waals surface area contributed by atoms with E-state index < -0.39 is 0 Å². The van der Waals surface area contributed by atoms with Crippen LogP contribution in [0.3, 0.4) is 0 Å². The van der Waals surface area contributed by atoms with E-state index in [4.69, 9.17) is 16.0 Å². The van der Waals surface area contributed by atoms with Gasteiger partial charge in [0.2, 0.25) is 0 Å². The average molecular weight is 243 g/mol. The van der Waals surface area contributed by atoms with Crippen LogP contribution in [0, 0.1) is 6.92 Å². The van der Waals surface area contributed by atoms with Gasteiger partial charge in [0.05, 0.1) is 6.54 Å². The van der Waals surface area contributed by atoms with Crippen LogP contribution < -0.4 is 5.32 Å². The molecule has 0 aromatic carbocycles. The number of thiazole rings is 1. The highest BCUT2D eigenvalue weighted by Gasteiger charge is 2.01. The summed E-state index contributed by atoms with van der Waals surface area (Å²) in [6, 6.07) is 3.61. The third kappa shape index (κ3) is 3.06. The van der Waals surface area contributed by atoms with E-state index in [1.54, 1.807) is 17.4 Å². The van der Waals surface area contributed by atoms with Crippen LogP contribution in [0.25, 0.3) is 0 Å². The van der Waals surface area contributed by atoms with Crippen LogP contribution in [0.2, 0.25) is 5.22 Å². The van der Waals surface area contributed by atoms with Crippen LogP contribution in [0.1, 0.15) is 15.6 Å². The first-order valence-electron chi connectivity index (χ1n) is 4.60. The predicted octanol–water partition coefficient (Wildman–Crippen LogP) is 2.99. The summed E-state index contributed by atoms with van der Waals surface area (Å²) in [7, 11) is 0. The van der Waals surface area contributed by atoms with Gasteiger partial charge in [-0.1, -0.05) is 0 Å². The highest BCUT2D eigenvalue weighted by molar-refractivity contribution is 7.11. The van der Waals surface area contributed by atoms with Crippen molar-refractivity contribution in [3.8, 4) is 0 Å². The molecule has 0 atom stereocenters. The van der Waals surface area contributed by atoms with E-state index in [0.29, 0.717) is 11.8 Å². The smallest absolute Gasteiger partial charge is 0.193 e. The fourth-order valence-electron chi connectivity index (χ4n) is 1.22. The topological polar surface area (TPSA) is 38.1 Å². The number of nitrogens with one attached hydrogen (secondary N) is 1. The number of halogens is 1. The first-order chi connectivity index (χ1) is 7.24. The zero-order valence-corrected chi connectivity index (χ0v) is 9.86. The zero-order chi connectivity index (χ0) is 10.7. The molecule has 3 nitrogen and oxygen atoms in total. The molecule has 80 valence electrons. The second-order valence-corrected chi connectivity index (χ2v) is 4.87. The molecule has 0 amide bonds. The Morgan fingerprint density at radius 2 is 2.33 bits per heavy atom. The van der Waals surface area contributed by atoms with Gasteiger partial charge in [-0.2, -0.15) is 0 Å². The van der Waals surface area contributed by atoms with Gasteiger partial charge in [0.15, 0.2) is 5.22 Å². The maximum Gasteiger partial charge on any atom is 0.193 e. The number of rotatable bonds is 4. The molecule has 0 fully saturated rings. The molecule has 0 bridgehead atoms. The lowest BCUT2D eigenvalue weighted by atomic mass is 10.4. The van der Waals surface area contributed by atoms with E-state index in [9.17, 15) is 0 Å². The monoisotopic (exact) mass is 242 g/mol. The van der Waals surface area contributed by atoms with Crippen molar-refractivity contribution in [2.75, 3.05) is 0 Å². The number of hydrogen-bond donors (Lipinski definition) is 1. The Hall–Kier alpha value is -0.840. The molecule has 2 heterocycles. The van der Waals surface area contributed by atoms with Crippen LogP contribution in [0.15, 0.2) is 22.7 Å². The van der Waals surface area contributed by atoms with Gasteiger partial charge in [-0.05, 0) is 30.7 Å². The number of nitrogens with zero attached hydrogens (tertiary/aromatic N) is 1. The minimum absolute atomic E-state index is 0.428. The molecule has 2 aromatic heterocycles. The lowest BCUT2D eigenvalue weighted by molar-refractivity contribution is 0.484. The molecule has 15 heavy (non-hydrogen) atoms. The van der Waals surface area contributed by atoms with Crippen LogP contribution in [-0.4, -0.2) is 4.98 Å². The number of aromatic nitrogens is 1. The predicted molar refractivity (Wildman–Crippen MR) is 61.1 cm³/mol. The second-order valence-electron chi connectivity index (χ2n) is 3.17. The minimum Gasteiger partial charge on any atom is -0.448 e. The Morgan fingerprint density at radius 1 is 1.47 bits per heavy atom. The van der Waals surface area contributed by atoms with E-state index in [0.717, 1.165) is 17.3 Å². The van der Waals surface area contributed by atoms with Crippen molar-refractivity contribution in [1.82, 2.24) is 10.3 Å². The van der Waals surface area contributed by atoms with E-state index in [2.05, 4.69) is 10.3 Å². The average Bonchev–Trinajstić information content (AvgIpc) is 2.76. The first kappa shape index (κ1) is 10.7. The zero-order valence-electron chi connectivity index (χ0n) is 8.29. The summed E-state index contributed by atoms with van der Waals surface area (Å²) in [6.07, 6.45) is 1.88. The van der Waals surface area contributed by atoms with Crippen molar-refractivity contribution in [2.45, 2.75) is 20.0 Å². The molecule has 5 heteroatoms. The summed E-state index contributed by atoms with van der Waals surface area (Å²) >= 11 is 7.35. The molecule has 0 aliphatic heterocycles. The van der Waals surface area contributed by atoms with Crippen LogP contribution in [-0.2, 0) is 13.1 Å². The standard InChI is InChI=1S/C10H11ClN2OS/c1-7-4-13-10(15-7)6-12-5-8-2-3-9(11)14-8/h2-4,12H,5-6H2,1H3. The molecular weight excluding hydrogens is 232 g/mol. The van der Waals surface area contributed by atoms with Gasteiger partial charge in [-0.3, -0.25) is 0 Å². The maximum atomic E-state index is 5.65. The van der Waals surface area contributed by atoms with Crippen molar-refractivity contribution in [1.29, 1.82) is 0 Å². The third-order valence-electron chi connectivity index (χ3n) is 1.87. The minimum atomic E-state index is 0.428. The fourth-order valence-corrected chi connectivity index (χ4v) is 2.14. The Bertz CT molecular complexity index is 398. The molecule has 2 aromatic rings. The van der Waals surface area contributed by atoms with Gasteiger partial charge < -0.3 is 9.73 Å². The summed E-state index contributed by atoms with van der Waals surface area (Å²) in [5, 5.41) is 4.76. The Labute approximate surface area is 97.1 Å². The Morgan fingerprint density at radius 3 is 2.93 bits per heavy atom. The summed E-state index contributed by atoms with van der Waals surface area (Å²) < 4.78 is 5.21. The van der Waals surface area contributed by atoms with Crippen molar-refractivity contribution in [3.05, 3.63) is 39.2 Å². The van der Waals surface area contributed by atoms with Crippen molar-refractivity contribution < 1.29 is 4.42 Å². The molecule has 0 saturated heterocycles. The number of furan rings is 1. The molecule has 0 spiro atoms. The molecule has 0 radical (unpaired) electrons. The van der Waals surface area contributed by atoms with Gasteiger partial charge in [0.1, 0.15) is 10.8 Å². The maximum absolute atomic E-state index is 5.65. The van der Waals surface area contributed by atoms with Crippen molar-refractivity contribution in [2.24, 2.45) is 0 Å². The van der Waals surface area contributed by atoms with E-state index in [1.807, 2.05) is 19.2 Å². The molecule has 0 aliphatic rings. The van der Waals surface area contributed by atoms with Crippen molar-refractivity contribution >= 4 is 22.9 Å². The van der Waals surface area contributed by atoms with Crippen molar-refractivity contribution in [3.63, 3.8) is 0 Å². The van der Waals surface area contributed by atoms with Crippen LogP contribution in [0.5, 0.6) is 0 Å². The normalized spacial score (nSPS) is 10.8. The van der Waals surface area contributed by atoms with E-state index in [-0.39, 0.29) is 0 Å². The molecular formula is C10H11ClN2OS. The van der Waals surface area contributed by atoms with Gasteiger partial charge in [0.25, 0.3) is 0 Å². The van der Waals surface area contributed by atoms with Gasteiger partial charge in [-0.15, -0.1) is 11.3 Å². The quantitative estimate of drug-likeness (QED) is 0.896. The lowest BCUT2D eigenvalue weighted by Crippen LogP contribution is -2.11. The molecule has 0 unspecified atom stereocenters. The Balaban J connectivity index is 1.80. The fraction of sp³-hybridized carbons (Fsp3) is 0.300. The molecule has 1 N–H and O–H groups in total. The SMILES string of the molecule is Cc1cnc(CNCc2ccc(Cl)o2)s1. The van der Waals surface area contributed by atoms with Crippen LogP contribution >= 0.6 is 22.9 Å². The summed E-state index contributed by atoms with van der Waals surface area (Å²) in [4.78, 5) is 5.48.